The predicted octanol–water partition coefficient (Wildman–Crippen LogP) is -0.527. The number of aliphatic carboxylic acids is 1. The van der Waals surface area contributed by atoms with Gasteiger partial charge in [0.25, 0.3) is 0 Å². The molecule has 0 aliphatic heterocycles. The molecule has 1 rings (SSSR count). The molecule has 7 nitrogen and oxygen atoms in total. The second kappa shape index (κ2) is 6.75. The molecule has 0 unspecified atom stereocenters. The Morgan fingerprint density at radius 1 is 1.56 bits per heavy atom. The van der Waals surface area contributed by atoms with Crippen LogP contribution >= 0.6 is 0 Å². The van der Waals surface area contributed by atoms with Crippen LogP contribution in [0.1, 0.15) is 12.1 Å². The highest BCUT2D eigenvalue weighted by Gasteiger charge is 2.20. The van der Waals surface area contributed by atoms with Crippen molar-refractivity contribution in [3.05, 3.63) is 18.2 Å². The number of aromatic nitrogens is 2. The molecule has 7 heteroatoms. The Morgan fingerprint density at radius 3 is 2.78 bits per heavy atom. The maximum absolute atomic E-state index is 11.6. The molecule has 0 aliphatic rings. The third-order valence-electron chi connectivity index (χ3n) is 2.40. The van der Waals surface area contributed by atoms with E-state index in [2.05, 4.69) is 15.3 Å². The van der Waals surface area contributed by atoms with Crippen molar-refractivity contribution in [2.75, 3.05) is 20.6 Å². The van der Waals surface area contributed by atoms with Crippen LogP contribution in [0.3, 0.4) is 0 Å². The SMILES string of the molecule is CN(C)CCC(=O)N[C@@H](Cc1cnc[nH]1)C(=O)O. The fourth-order valence-electron chi connectivity index (χ4n) is 1.41. The zero-order valence-electron chi connectivity index (χ0n) is 10.5. The maximum atomic E-state index is 11.6. The fraction of sp³-hybridized carbons (Fsp3) is 0.545. The summed E-state index contributed by atoms with van der Waals surface area (Å²) < 4.78 is 0. The van der Waals surface area contributed by atoms with Crippen LogP contribution in [0.4, 0.5) is 0 Å². The molecule has 1 aromatic rings. The summed E-state index contributed by atoms with van der Waals surface area (Å²) in [4.78, 5) is 31.1. The van der Waals surface area contributed by atoms with Gasteiger partial charge < -0.3 is 20.3 Å². The highest BCUT2D eigenvalue weighted by atomic mass is 16.4. The molecule has 0 spiro atoms. The van der Waals surface area contributed by atoms with E-state index < -0.39 is 12.0 Å². The van der Waals surface area contributed by atoms with Gasteiger partial charge in [-0.1, -0.05) is 0 Å². The lowest BCUT2D eigenvalue weighted by Crippen LogP contribution is -2.43. The Kier molecular flexibility index (Phi) is 5.31. The van der Waals surface area contributed by atoms with Gasteiger partial charge in [0.15, 0.2) is 0 Å². The molecule has 0 radical (unpaired) electrons. The first kappa shape index (κ1) is 14.2. The number of nitrogens with zero attached hydrogens (tertiary/aromatic N) is 2. The number of imidazole rings is 1. The van der Waals surface area contributed by atoms with E-state index in [0.29, 0.717) is 12.2 Å². The van der Waals surface area contributed by atoms with E-state index in [0.717, 1.165) is 0 Å². The number of carbonyl (C=O) groups is 2. The number of hydrogen-bond donors (Lipinski definition) is 3. The van der Waals surface area contributed by atoms with Crippen LogP contribution in [-0.2, 0) is 16.0 Å². The van der Waals surface area contributed by atoms with E-state index in [4.69, 9.17) is 5.11 Å². The first-order valence-corrected chi connectivity index (χ1v) is 5.63. The standard InChI is InChI=1S/C11H18N4O3/c1-15(2)4-3-10(16)14-9(11(17)18)5-8-6-12-7-13-8/h6-7,9H,3-5H2,1-2H3,(H,12,13)(H,14,16)(H,17,18)/t9-/m0/s1. The first-order valence-electron chi connectivity index (χ1n) is 5.63. The summed E-state index contributed by atoms with van der Waals surface area (Å²) in [6.07, 6.45) is 3.49. The van der Waals surface area contributed by atoms with Crippen LogP contribution < -0.4 is 5.32 Å². The van der Waals surface area contributed by atoms with Crippen molar-refractivity contribution in [1.29, 1.82) is 0 Å². The Balaban J connectivity index is 2.48. The third kappa shape index (κ3) is 4.96. The molecule has 1 heterocycles. The molecule has 1 atom stereocenters. The van der Waals surface area contributed by atoms with Gasteiger partial charge in [-0.15, -0.1) is 0 Å². The fourth-order valence-corrected chi connectivity index (χ4v) is 1.41. The zero-order chi connectivity index (χ0) is 13.5. The van der Waals surface area contributed by atoms with Gasteiger partial charge in [0.05, 0.1) is 6.33 Å². The van der Waals surface area contributed by atoms with Crippen LogP contribution in [0, 0.1) is 0 Å². The van der Waals surface area contributed by atoms with Crippen molar-refractivity contribution in [2.24, 2.45) is 0 Å². The number of rotatable bonds is 7. The predicted molar refractivity (Wildman–Crippen MR) is 65.0 cm³/mol. The lowest BCUT2D eigenvalue weighted by Gasteiger charge is -2.15. The Labute approximate surface area is 105 Å². The van der Waals surface area contributed by atoms with Crippen LogP contribution in [0.2, 0.25) is 0 Å². The van der Waals surface area contributed by atoms with Crippen molar-refractivity contribution in [2.45, 2.75) is 18.9 Å². The smallest absolute Gasteiger partial charge is 0.326 e. The summed E-state index contributed by atoms with van der Waals surface area (Å²) in [5.41, 5.74) is 0.676. The number of H-pyrrole nitrogens is 1. The molecule has 0 fully saturated rings. The molecule has 1 amide bonds. The van der Waals surface area contributed by atoms with Gasteiger partial charge in [0.1, 0.15) is 6.04 Å². The monoisotopic (exact) mass is 254 g/mol. The van der Waals surface area contributed by atoms with E-state index in [9.17, 15) is 9.59 Å². The quantitative estimate of drug-likeness (QED) is 0.608. The second-order valence-corrected chi connectivity index (χ2v) is 4.29. The topological polar surface area (TPSA) is 98.3 Å². The molecule has 18 heavy (non-hydrogen) atoms. The number of amides is 1. The van der Waals surface area contributed by atoms with Crippen LogP contribution in [0.15, 0.2) is 12.5 Å². The van der Waals surface area contributed by atoms with Gasteiger partial charge in [-0.3, -0.25) is 4.79 Å². The number of aromatic amines is 1. The maximum Gasteiger partial charge on any atom is 0.326 e. The molecular weight excluding hydrogens is 236 g/mol. The molecule has 0 aliphatic carbocycles. The van der Waals surface area contributed by atoms with Gasteiger partial charge in [0, 0.05) is 31.3 Å². The van der Waals surface area contributed by atoms with Crippen molar-refractivity contribution in [3.8, 4) is 0 Å². The molecule has 0 saturated carbocycles. The molecule has 0 bridgehead atoms. The largest absolute Gasteiger partial charge is 0.480 e. The lowest BCUT2D eigenvalue weighted by molar-refractivity contribution is -0.141. The Bertz CT molecular complexity index is 389. The molecule has 1 aromatic heterocycles. The van der Waals surface area contributed by atoms with Crippen molar-refractivity contribution >= 4 is 11.9 Å². The van der Waals surface area contributed by atoms with Crippen LogP contribution in [0.25, 0.3) is 0 Å². The Hall–Kier alpha value is -1.89. The number of hydrogen-bond acceptors (Lipinski definition) is 4. The minimum Gasteiger partial charge on any atom is -0.480 e. The first-order chi connectivity index (χ1) is 8.49. The van der Waals surface area contributed by atoms with Crippen molar-refractivity contribution < 1.29 is 14.7 Å². The van der Waals surface area contributed by atoms with E-state index in [1.165, 1.54) is 6.33 Å². The molecule has 0 saturated heterocycles. The summed E-state index contributed by atoms with van der Waals surface area (Å²) in [5.74, 6) is -1.32. The molecular formula is C11H18N4O3. The summed E-state index contributed by atoms with van der Waals surface area (Å²) in [6.45, 7) is 0.586. The van der Waals surface area contributed by atoms with Crippen LogP contribution in [0.5, 0.6) is 0 Å². The van der Waals surface area contributed by atoms with Crippen molar-refractivity contribution in [1.82, 2.24) is 20.2 Å². The zero-order valence-corrected chi connectivity index (χ0v) is 10.5. The number of nitrogens with one attached hydrogen (secondary N) is 2. The summed E-state index contributed by atoms with van der Waals surface area (Å²) in [6, 6.07) is -0.930. The molecule has 0 aromatic carbocycles. The minimum atomic E-state index is -1.05. The van der Waals surface area contributed by atoms with Gasteiger partial charge >= 0.3 is 5.97 Å². The number of carboxylic acids is 1. The minimum absolute atomic E-state index is 0.197. The van der Waals surface area contributed by atoms with Crippen LogP contribution in [-0.4, -0.2) is 58.5 Å². The van der Waals surface area contributed by atoms with Gasteiger partial charge in [-0.25, -0.2) is 9.78 Å². The lowest BCUT2D eigenvalue weighted by atomic mass is 10.1. The van der Waals surface area contributed by atoms with Crippen molar-refractivity contribution in [3.63, 3.8) is 0 Å². The summed E-state index contributed by atoms with van der Waals surface area (Å²) >= 11 is 0. The van der Waals surface area contributed by atoms with E-state index in [1.54, 1.807) is 6.20 Å². The average molecular weight is 254 g/mol. The van der Waals surface area contributed by atoms with Gasteiger partial charge in [0.2, 0.25) is 5.91 Å². The van der Waals surface area contributed by atoms with Gasteiger partial charge in [-0.05, 0) is 14.1 Å². The average Bonchev–Trinajstić information content (AvgIpc) is 2.78. The third-order valence-corrected chi connectivity index (χ3v) is 2.40. The number of carboxylic acid groups (broad SMARTS) is 1. The molecule has 100 valence electrons. The van der Waals surface area contributed by atoms with E-state index >= 15 is 0 Å². The number of carbonyl (C=O) groups excluding carboxylic acids is 1. The summed E-state index contributed by atoms with van der Waals surface area (Å²) in [5, 5.41) is 11.5. The van der Waals surface area contributed by atoms with Gasteiger partial charge in [-0.2, -0.15) is 0 Å². The normalized spacial score (nSPS) is 12.4. The molecule has 3 N–H and O–H groups in total. The second-order valence-electron chi connectivity index (χ2n) is 4.29. The highest BCUT2D eigenvalue weighted by Crippen LogP contribution is 1.99. The summed E-state index contributed by atoms with van der Waals surface area (Å²) in [7, 11) is 3.71. The Morgan fingerprint density at radius 2 is 2.28 bits per heavy atom. The van der Waals surface area contributed by atoms with E-state index in [1.807, 2.05) is 19.0 Å². The highest BCUT2D eigenvalue weighted by molar-refractivity contribution is 5.83. The van der Waals surface area contributed by atoms with E-state index in [-0.39, 0.29) is 18.7 Å².